The molecule has 15 nitrogen and oxygen atoms in total. The van der Waals surface area contributed by atoms with Gasteiger partial charge in [-0.25, -0.2) is 4.79 Å². The van der Waals surface area contributed by atoms with Crippen molar-refractivity contribution in [2.24, 2.45) is 11.5 Å². The average Bonchev–Trinajstić information content (AvgIpc) is 2.83. The van der Waals surface area contributed by atoms with Crippen LogP contribution in [0.25, 0.3) is 0 Å². The second kappa shape index (κ2) is 15.0. The molecule has 4 amide bonds. The van der Waals surface area contributed by atoms with E-state index < -0.39 is 72.8 Å². The summed E-state index contributed by atoms with van der Waals surface area (Å²) in [5.74, 6) is -6.43. The Morgan fingerprint density at radius 3 is 1.81 bits per heavy atom. The molecule has 0 bridgehead atoms. The normalized spacial score (nSPS) is 13.9. The van der Waals surface area contributed by atoms with Crippen LogP contribution in [0.1, 0.15) is 31.2 Å². The molecule has 15 heteroatoms. The number of aromatic hydroxyl groups is 1. The first-order valence-corrected chi connectivity index (χ1v) is 11.1. The number of phenolic OH excluding ortho intramolecular Hbond substituents is 1. The molecule has 0 spiro atoms. The summed E-state index contributed by atoms with van der Waals surface area (Å²) in [5.41, 5.74) is 10.9. The molecule has 1 aromatic carbocycles. The fraction of sp³-hybridized carbons (Fsp3) is 0.455. The van der Waals surface area contributed by atoms with Crippen molar-refractivity contribution >= 4 is 35.6 Å². The maximum Gasteiger partial charge on any atom is 0.326 e. The van der Waals surface area contributed by atoms with Crippen molar-refractivity contribution in [1.82, 2.24) is 16.0 Å². The Kier molecular flexibility index (Phi) is 12.5. The molecule has 37 heavy (non-hydrogen) atoms. The number of rotatable bonds is 16. The van der Waals surface area contributed by atoms with Crippen LogP contribution in [0.4, 0.5) is 0 Å². The van der Waals surface area contributed by atoms with Crippen molar-refractivity contribution in [2.45, 2.75) is 56.3 Å². The number of amides is 4. The standard InChI is InChI=1S/C22H31N5O10/c23-13(10-28)19(33)25-14(6-8-18(31)32)20(34)27-16(9-11-1-3-12(29)4-2-11)21(35)26-15(22(36)37)5-7-17(24)30/h1-4,13-16,28-29H,5-10,23H2,(H2,24,30)(H,25,33)(H,26,35)(H,27,34)(H,31,32)(H,36,37). The molecule has 4 unspecified atom stereocenters. The van der Waals surface area contributed by atoms with Gasteiger partial charge in [-0.05, 0) is 30.5 Å². The van der Waals surface area contributed by atoms with Crippen LogP contribution < -0.4 is 27.4 Å². The number of carboxylic acids is 2. The zero-order valence-electron chi connectivity index (χ0n) is 19.8. The molecule has 1 aromatic rings. The van der Waals surface area contributed by atoms with Gasteiger partial charge in [0.25, 0.3) is 0 Å². The monoisotopic (exact) mass is 525 g/mol. The van der Waals surface area contributed by atoms with Crippen molar-refractivity contribution in [3.8, 4) is 5.75 Å². The number of nitrogens with one attached hydrogen (secondary N) is 3. The maximum absolute atomic E-state index is 13.0. The number of carboxylic acid groups (broad SMARTS) is 2. The number of hydrogen-bond acceptors (Lipinski definition) is 9. The Hall–Kier alpha value is -4.24. The zero-order valence-corrected chi connectivity index (χ0v) is 19.8. The Morgan fingerprint density at radius 2 is 1.30 bits per heavy atom. The quantitative estimate of drug-likeness (QED) is 0.104. The summed E-state index contributed by atoms with van der Waals surface area (Å²) < 4.78 is 0. The summed E-state index contributed by atoms with van der Waals surface area (Å²) in [5, 5.41) is 43.7. The third-order valence-electron chi connectivity index (χ3n) is 5.12. The third-order valence-corrected chi connectivity index (χ3v) is 5.12. The van der Waals surface area contributed by atoms with Gasteiger partial charge in [-0.2, -0.15) is 0 Å². The van der Waals surface area contributed by atoms with Crippen LogP contribution in [0, 0.1) is 0 Å². The van der Waals surface area contributed by atoms with Crippen LogP contribution in [-0.4, -0.2) is 86.8 Å². The Morgan fingerprint density at radius 1 is 0.784 bits per heavy atom. The number of phenols is 1. The van der Waals surface area contributed by atoms with Gasteiger partial charge in [0.15, 0.2) is 0 Å². The molecular formula is C22H31N5O10. The van der Waals surface area contributed by atoms with Gasteiger partial charge < -0.3 is 47.8 Å². The van der Waals surface area contributed by atoms with E-state index in [4.69, 9.17) is 21.7 Å². The highest BCUT2D eigenvalue weighted by atomic mass is 16.4. The predicted octanol–water partition coefficient (Wildman–Crippen LogP) is -3.08. The Bertz CT molecular complexity index is 985. The molecule has 4 atom stereocenters. The summed E-state index contributed by atoms with van der Waals surface area (Å²) >= 11 is 0. The minimum absolute atomic E-state index is 0.0668. The van der Waals surface area contributed by atoms with Gasteiger partial charge in [0.05, 0.1) is 6.61 Å². The number of carbonyl (C=O) groups is 6. The lowest BCUT2D eigenvalue weighted by molar-refractivity contribution is -0.142. The summed E-state index contributed by atoms with van der Waals surface area (Å²) in [6, 6.07) is -0.219. The molecule has 0 aliphatic carbocycles. The Balaban J connectivity index is 3.17. The third kappa shape index (κ3) is 11.4. The number of carbonyl (C=O) groups excluding carboxylic acids is 4. The highest BCUT2D eigenvalue weighted by Gasteiger charge is 2.31. The predicted molar refractivity (Wildman–Crippen MR) is 126 cm³/mol. The molecule has 11 N–H and O–H groups in total. The fourth-order valence-corrected chi connectivity index (χ4v) is 3.06. The number of primary amides is 1. The van der Waals surface area contributed by atoms with Gasteiger partial charge in [0, 0.05) is 19.3 Å². The Labute approximate surface area is 211 Å². The molecule has 0 heterocycles. The van der Waals surface area contributed by atoms with Crippen LogP contribution >= 0.6 is 0 Å². The van der Waals surface area contributed by atoms with Crippen LogP contribution in [-0.2, 0) is 35.2 Å². The van der Waals surface area contributed by atoms with E-state index in [1.165, 1.54) is 24.3 Å². The second-order valence-corrected chi connectivity index (χ2v) is 8.12. The minimum Gasteiger partial charge on any atom is -0.508 e. The molecule has 1 rings (SSSR count). The van der Waals surface area contributed by atoms with E-state index in [-0.39, 0.29) is 31.4 Å². The fourth-order valence-electron chi connectivity index (χ4n) is 3.06. The highest BCUT2D eigenvalue weighted by Crippen LogP contribution is 2.12. The van der Waals surface area contributed by atoms with Gasteiger partial charge >= 0.3 is 11.9 Å². The lowest BCUT2D eigenvalue weighted by Gasteiger charge is -2.25. The summed E-state index contributed by atoms with van der Waals surface area (Å²) in [4.78, 5) is 71.7. The second-order valence-electron chi connectivity index (χ2n) is 8.12. The van der Waals surface area contributed by atoms with Crippen LogP contribution in [0.15, 0.2) is 24.3 Å². The summed E-state index contributed by atoms with van der Waals surface area (Å²) in [7, 11) is 0. The number of nitrogens with two attached hydrogens (primary N) is 2. The van der Waals surface area contributed by atoms with E-state index in [1.54, 1.807) is 0 Å². The number of benzene rings is 1. The number of hydrogen-bond donors (Lipinski definition) is 9. The van der Waals surface area contributed by atoms with Gasteiger partial charge in [-0.1, -0.05) is 12.1 Å². The van der Waals surface area contributed by atoms with Gasteiger partial charge in [0.1, 0.15) is 29.9 Å². The summed E-state index contributed by atoms with van der Waals surface area (Å²) in [6.45, 7) is -0.743. The zero-order chi connectivity index (χ0) is 28.1. The first-order chi connectivity index (χ1) is 17.3. The first kappa shape index (κ1) is 30.8. The lowest BCUT2D eigenvalue weighted by Crippen LogP contribution is -2.58. The van der Waals surface area contributed by atoms with Gasteiger partial charge in [0.2, 0.25) is 23.6 Å². The lowest BCUT2D eigenvalue weighted by atomic mass is 10.0. The molecule has 0 radical (unpaired) electrons. The largest absolute Gasteiger partial charge is 0.508 e. The van der Waals surface area contributed by atoms with Crippen LogP contribution in [0.3, 0.4) is 0 Å². The average molecular weight is 526 g/mol. The smallest absolute Gasteiger partial charge is 0.326 e. The van der Waals surface area contributed by atoms with E-state index >= 15 is 0 Å². The molecular weight excluding hydrogens is 494 g/mol. The highest BCUT2D eigenvalue weighted by molar-refractivity contribution is 5.94. The van der Waals surface area contributed by atoms with E-state index in [0.29, 0.717) is 5.56 Å². The van der Waals surface area contributed by atoms with E-state index in [1.807, 2.05) is 0 Å². The molecule has 0 aliphatic heterocycles. The van der Waals surface area contributed by atoms with E-state index in [2.05, 4.69) is 16.0 Å². The number of aliphatic carboxylic acids is 2. The summed E-state index contributed by atoms with van der Waals surface area (Å²) in [6.07, 6.45) is -1.74. The number of aliphatic hydroxyl groups is 1. The van der Waals surface area contributed by atoms with Crippen molar-refractivity contribution in [3.05, 3.63) is 29.8 Å². The van der Waals surface area contributed by atoms with E-state index in [9.17, 15) is 39.0 Å². The minimum atomic E-state index is -1.51. The van der Waals surface area contributed by atoms with Crippen LogP contribution in [0.2, 0.25) is 0 Å². The molecule has 0 fully saturated rings. The van der Waals surface area contributed by atoms with Gasteiger partial charge in [-0.15, -0.1) is 0 Å². The van der Waals surface area contributed by atoms with Crippen molar-refractivity contribution in [2.75, 3.05) is 6.61 Å². The first-order valence-electron chi connectivity index (χ1n) is 11.1. The van der Waals surface area contributed by atoms with Crippen LogP contribution in [0.5, 0.6) is 5.75 Å². The van der Waals surface area contributed by atoms with Crippen molar-refractivity contribution in [1.29, 1.82) is 0 Å². The number of aliphatic hydroxyl groups excluding tert-OH is 1. The molecule has 0 saturated heterocycles. The molecule has 204 valence electrons. The maximum atomic E-state index is 13.0. The van der Waals surface area contributed by atoms with E-state index in [0.717, 1.165) is 0 Å². The SMILES string of the molecule is NC(=O)CCC(NC(=O)C(Cc1ccc(O)cc1)NC(=O)C(CCC(=O)O)NC(=O)C(N)CO)C(=O)O. The topological polar surface area (TPSA) is 271 Å². The molecule has 0 saturated carbocycles. The van der Waals surface area contributed by atoms with Crippen molar-refractivity contribution in [3.63, 3.8) is 0 Å². The molecule has 0 aromatic heterocycles. The van der Waals surface area contributed by atoms with Gasteiger partial charge in [-0.3, -0.25) is 24.0 Å². The molecule has 0 aliphatic rings. The van der Waals surface area contributed by atoms with Crippen molar-refractivity contribution < 1.29 is 49.2 Å².